The summed E-state index contributed by atoms with van der Waals surface area (Å²) in [6.07, 6.45) is 0.511. The van der Waals surface area contributed by atoms with Gasteiger partial charge in [-0.05, 0) is 29.3 Å². The second kappa shape index (κ2) is 4.70. The van der Waals surface area contributed by atoms with Crippen LogP contribution < -0.4 is 10.6 Å². The number of carbonyl (C=O) groups is 1. The molecule has 0 aliphatic carbocycles. The van der Waals surface area contributed by atoms with Crippen LogP contribution in [0, 0.1) is 0 Å². The van der Waals surface area contributed by atoms with Crippen LogP contribution in [0.4, 0.5) is 10.9 Å². The average molecular weight is 279 g/mol. The van der Waals surface area contributed by atoms with Crippen molar-refractivity contribution in [2.24, 2.45) is 0 Å². The Balaban J connectivity index is 2.01. The number of thiazole rings is 1. The van der Waals surface area contributed by atoms with Crippen LogP contribution in [-0.4, -0.2) is 17.4 Å². The first-order chi connectivity index (χ1) is 8.78. The highest BCUT2D eigenvalue weighted by Gasteiger charge is 2.30. The number of fused-ring (bicyclic) bond motifs is 1. The van der Waals surface area contributed by atoms with Crippen molar-refractivity contribution in [2.45, 2.75) is 19.3 Å². The summed E-state index contributed by atoms with van der Waals surface area (Å²) in [4.78, 5) is 17.3. The molecule has 0 aromatic carbocycles. The van der Waals surface area contributed by atoms with Crippen molar-refractivity contribution in [3.8, 4) is 0 Å². The lowest BCUT2D eigenvalue weighted by Gasteiger charge is -2.20. The average Bonchev–Trinajstić information content (AvgIpc) is 2.96. The SMILES string of the molecule is CCNc1nc2c(s1)[C@@H](c1ccsc1)CC(=O)N2. The maximum atomic E-state index is 11.7. The Kier molecular flexibility index (Phi) is 3.05. The Morgan fingerprint density at radius 3 is 3.22 bits per heavy atom. The predicted octanol–water partition coefficient (Wildman–Crippen LogP) is 3.11. The van der Waals surface area contributed by atoms with Crippen molar-refractivity contribution in [1.29, 1.82) is 0 Å². The zero-order valence-electron chi connectivity index (χ0n) is 9.90. The molecule has 2 aromatic rings. The molecule has 0 saturated carbocycles. The van der Waals surface area contributed by atoms with Crippen molar-refractivity contribution < 1.29 is 4.79 Å². The van der Waals surface area contributed by atoms with Crippen LogP contribution in [-0.2, 0) is 4.79 Å². The molecule has 0 saturated heterocycles. The summed E-state index contributed by atoms with van der Waals surface area (Å²) in [7, 11) is 0. The molecule has 1 aliphatic heterocycles. The molecule has 6 heteroatoms. The molecule has 4 nitrogen and oxygen atoms in total. The number of carbonyl (C=O) groups excluding carboxylic acids is 1. The second-order valence-corrected chi connectivity index (χ2v) is 5.93. The molecule has 1 atom stereocenters. The number of nitrogens with one attached hydrogen (secondary N) is 2. The molecular weight excluding hydrogens is 266 g/mol. The van der Waals surface area contributed by atoms with Gasteiger partial charge in [0.1, 0.15) is 5.82 Å². The first-order valence-electron chi connectivity index (χ1n) is 5.84. The van der Waals surface area contributed by atoms with Gasteiger partial charge >= 0.3 is 0 Å². The highest BCUT2D eigenvalue weighted by atomic mass is 32.1. The molecule has 18 heavy (non-hydrogen) atoms. The van der Waals surface area contributed by atoms with Gasteiger partial charge in [0.2, 0.25) is 5.91 Å². The molecular formula is C12H13N3OS2. The first kappa shape index (κ1) is 11.7. The van der Waals surface area contributed by atoms with Gasteiger partial charge in [-0.25, -0.2) is 4.98 Å². The minimum absolute atomic E-state index is 0.0482. The summed E-state index contributed by atoms with van der Waals surface area (Å²) in [5, 5.41) is 11.1. The van der Waals surface area contributed by atoms with Gasteiger partial charge in [0.15, 0.2) is 5.13 Å². The van der Waals surface area contributed by atoms with E-state index in [4.69, 9.17) is 0 Å². The molecule has 94 valence electrons. The van der Waals surface area contributed by atoms with E-state index in [1.54, 1.807) is 22.7 Å². The normalized spacial score (nSPS) is 18.3. The van der Waals surface area contributed by atoms with E-state index in [0.717, 1.165) is 22.4 Å². The van der Waals surface area contributed by atoms with Gasteiger partial charge in [0, 0.05) is 18.9 Å². The Morgan fingerprint density at radius 2 is 2.50 bits per heavy atom. The lowest BCUT2D eigenvalue weighted by atomic mass is 9.94. The van der Waals surface area contributed by atoms with Gasteiger partial charge in [-0.1, -0.05) is 11.3 Å². The minimum atomic E-state index is 0.0482. The standard InChI is InChI=1S/C12H13N3OS2/c1-2-13-12-15-11-10(18-12)8(5-9(16)14-11)7-3-4-17-6-7/h3-4,6,8H,2,5H2,1H3,(H,13,15)(H,14,16)/t8-/m1/s1. The van der Waals surface area contributed by atoms with Gasteiger partial charge < -0.3 is 10.6 Å². The highest BCUT2D eigenvalue weighted by Crippen LogP contribution is 2.42. The monoisotopic (exact) mass is 279 g/mol. The second-order valence-electron chi connectivity index (χ2n) is 4.12. The van der Waals surface area contributed by atoms with Gasteiger partial charge in [0.05, 0.1) is 4.88 Å². The van der Waals surface area contributed by atoms with Gasteiger partial charge in [-0.3, -0.25) is 4.79 Å². The predicted molar refractivity (Wildman–Crippen MR) is 75.7 cm³/mol. The van der Waals surface area contributed by atoms with E-state index >= 15 is 0 Å². The van der Waals surface area contributed by atoms with Crippen LogP contribution in [0.1, 0.15) is 29.7 Å². The van der Waals surface area contributed by atoms with Crippen LogP contribution in [0.5, 0.6) is 0 Å². The fraction of sp³-hybridized carbons (Fsp3) is 0.333. The summed E-state index contributed by atoms with van der Waals surface area (Å²) >= 11 is 3.30. The van der Waals surface area contributed by atoms with Crippen LogP contribution in [0.3, 0.4) is 0 Å². The third kappa shape index (κ3) is 2.02. The molecule has 0 spiro atoms. The number of nitrogens with zero attached hydrogens (tertiary/aromatic N) is 1. The Labute approximate surface area is 113 Å². The maximum absolute atomic E-state index is 11.7. The lowest BCUT2D eigenvalue weighted by Crippen LogP contribution is -2.22. The van der Waals surface area contributed by atoms with Gasteiger partial charge in [0.25, 0.3) is 0 Å². The van der Waals surface area contributed by atoms with E-state index in [9.17, 15) is 4.79 Å². The smallest absolute Gasteiger partial charge is 0.226 e. The van der Waals surface area contributed by atoms with Crippen LogP contribution in [0.25, 0.3) is 0 Å². The van der Waals surface area contributed by atoms with E-state index in [1.807, 2.05) is 12.3 Å². The van der Waals surface area contributed by atoms with E-state index in [0.29, 0.717) is 6.42 Å². The first-order valence-corrected chi connectivity index (χ1v) is 7.60. The molecule has 3 rings (SSSR count). The largest absolute Gasteiger partial charge is 0.362 e. The number of thiophene rings is 1. The Bertz CT molecular complexity index is 562. The number of hydrogen-bond donors (Lipinski definition) is 2. The van der Waals surface area contributed by atoms with E-state index in [-0.39, 0.29) is 11.8 Å². The Morgan fingerprint density at radius 1 is 1.61 bits per heavy atom. The van der Waals surface area contributed by atoms with Crippen molar-refractivity contribution in [2.75, 3.05) is 17.2 Å². The zero-order chi connectivity index (χ0) is 12.5. The number of hydrogen-bond acceptors (Lipinski definition) is 5. The Hall–Kier alpha value is -1.40. The van der Waals surface area contributed by atoms with E-state index in [2.05, 4.69) is 27.1 Å². The molecule has 0 fully saturated rings. The summed E-state index contributed by atoms with van der Waals surface area (Å²) in [5.41, 5.74) is 1.21. The number of rotatable bonds is 3. The molecule has 0 bridgehead atoms. The minimum Gasteiger partial charge on any atom is -0.362 e. The summed E-state index contributed by atoms with van der Waals surface area (Å²) < 4.78 is 0. The van der Waals surface area contributed by atoms with Gasteiger partial charge in [-0.15, -0.1) is 0 Å². The fourth-order valence-electron chi connectivity index (χ4n) is 2.09. The van der Waals surface area contributed by atoms with Crippen LogP contribution in [0.2, 0.25) is 0 Å². The molecule has 1 amide bonds. The fourth-order valence-corrected chi connectivity index (χ4v) is 3.92. The molecule has 2 aromatic heterocycles. The number of aromatic nitrogens is 1. The maximum Gasteiger partial charge on any atom is 0.226 e. The summed E-state index contributed by atoms with van der Waals surface area (Å²) in [5.74, 6) is 0.931. The number of amides is 1. The molecule has 2 N–H and O–H groups in total. The van der Waals surface area contributed by atoms with Crippen molar-refractivity contribution in [3.05, 3.63) is 27.3 Å². The summed E-state index contributed by atoms with van der Waals surface area (Å²) in [6, 6.07) is 2.09. The van der Waals surface area contributed by atoms with E-state index < -0.39 is 0 Å². The molecule has 3 heterocycles. The van der Waals surface area contributed by atoms with Crippen molar-refractivity contribution in [1.82, 2.24) is 4.98 Å². The lowest BCUT2D eigenvalue weighted by molar-refractivity contribution is -0.116. The van der Waals surface area contributed by atoms with Crippen LogP contribution in [0.15, 0.2) is 16.8 Å². The molecule has 1 aliphatic rings. The third-order valence-corrected chi connectivity index (χ3v) is 4.72. The number of anilines is 2. The van der Waals surface area contributed by atoms with Crippen molar-refractivity contribution >= 4 is 39.5 Å². The van der Waals surface area contributed by atoms with Crippen molar-refractivity contribution in [3.63, 3.8) is 0 Å². The van der Waals surface area contributed by atoms with E-state index in [1.165, 1.54) is 5.56 Å². The van der Waals surface area contributed by atoms with Gasteiger partial charge in [-0.2, -0.15) is 11.3 Å². The summed E-state index contributed by atoms with van der Waals surface area (Å²) in [6.45, 7) is 2.87. The third-order valence-electron chi connectivity index (χ3n) is 2.89. The van der Waals surface area contributed by atoms with Crippen LogP contribution >= 0.6 is 22.7 Å². The molecule has 0 radical (unpaired) electrons. The topological polar surface area (TPSA) is 54.0 Å². The quantitative estimate of drug-likeness (QED) is 0.907. The zero-order valence-corrected chi connectivity index (χ0v) is 11.5. The molecule has 0 unspecified atom stereocenters. The highest BCUT2D eigenvalue weighted by molar-refractivity contribution is 7.16.